The lowest BCUT2D eigenvalue weighted by Gasteiger charge is -2.37. The Bertz CT molecular complexity index is 345. The highest BCUT2D eigenvalue weighted by molar-refractivity contribution is 5.14. The summed E-state index contributed by atoms with van der Waals surface area (Å²) in [7, 11) is 0. The Morgan fingerprint density at radius 1 is 1.35 bits per heavy atom. The molecule has 0 spiro atoms. The van der Waals surface area contributed by atoms with E-state index in [1.807, 2.05) is 12.4 Å². The van der Waals surface area contributed by atoms with E-state index >= 15 is 0 Å². The molecule has 0 aromatic carbocycles. The first-order valence-corrected chi connectivity index (χ1v) is 6.73. The number of aromatic nitrogens is 1. The predicted molar refractivity (Wildman–Crippen MR) is 71.8 cm³/mol. The van der Waals surface area contributed by atoms with Crippen LogP contribution in [-0.2, 0) is 0 Å². The second kappa shape index (κ2) is 5.18. The van der Waals surface area contributed by atoms with E-state index in [0.29, 0.717) is 17.5 Å². The predicted octanol–water partition coefficient (Wildman–Crippen LogP) is 3.70. The van der Waals surface area contributed by atoms with Crippen molar-refractivity contribution >= 4 is 0 Å². The second-order valence-electron chi connectivity index (χ2n) is 6.13. The van der Waals surface area contributed by atoms with Gasteiger partial charge in [-0.05, 0) is 49.3 Å². The molecule has 17 heavy (non-hydrogen) atoms. The lowest BCUT2D eigenvalue weighted by atomic mass is 9.75. The molecule has 1 heterocycles. The number of pyridine rings is 1. The quantitative estimate of drug-likeness (QED) is 0.859. The maximum Gasteiger partial charge on any atom is 0.0295 e. The van der Waals surface area contributed by atoms with Crippen LogP contribution in [0.5, 0.6) is 0 Å². The van der Waals surface area contributed by atoms with Crippen LogP contribution in [0.4, 0.5) is 0 Å². The summed E-state index contributed by atoms with van der Waals surface area (Å²) in [6.45, 7) is 7.02. The molecule has 1 aromatic heterocycles. The third-order valence-electron chi connectivity index (χ3n) is 3.90. The second-order valence-corrected chi connectivity index (χ2v) is 6.13. The van der Waals surface area contributed by atoms with E-state index in [4.69, 9.17) is 0 Å². The van der Waals surface area contributed by atoms with E-state index in [2.05, 4.69) is 43.2 Å². The molecule has 1 aliphatic rings. The molecule has 2 nitrogen and oxygen atoms in total. The zero-order chi connectivity index (χ0) is 12.3. The summed E-state index contributed by atoms with van der Waals surface area (Å²) in [6, 6.07) is 5.30. The van der Waals surface area contributed by atoms with Gasteiger partial charge in [-0.15, -0.1) is 0 Å². The Hall–Kier alpha value is -0.890. The lowest BCUT2D eigenvalue weighted by Crippen LogP contribution is -2.38. The molecule has 0 amide bonds. The molecule has 1 unspecified atom stereocenters. The van der Waals surface area contributed by atoms with Gasteiger partial charge in [0, 0.05) is 24.5 Å². The van der Waals surface area contributed by atoms with Crippen molar-refractivity contribution in [2.24, 2.45) is 5.41 Å². The zero-order valence-electron chi connectivity index (χ0n) is 11.2. The Morgan fingerprint density at radius 3 is 2.71 bits per heavy atom. The lowest BCUT2D eigenvalue weighted by molar-refractivity contribution is 0.191. The van der Waals surface area contributed by atoms with Crippen LogP contribution in [-0.4, -0.2) is 11.0 Å². The molecule has 2 rings (SSSR count). The minimum atomic E-state index is 0.428. The normalized spacial score (nSPS) is 25.5. The molecule has 0 radical (unpaired) electrons. The third kappa shape index (κ3) is 3.53. The summed E-state index contributed by atoms with van der Waals surface area (Å²) >= 11 is 0. The van der Waals surface area contributed by atoms with Crippen molar-refractivity contribution in [3.63, 3.8) is 0 Å². The van der Waals surface area contributed by atoms with E-state index in [1.54, 1.807) is 0 Å². The van der Waals surface area contributed by atoms with Crippen LogP contribution in [0.25, 0.3) is 0 Å². The van der Waals surface area contributed by atoms with Gasteiger partial charge in [-0.2, -0.15) is 0 Å². The number of hydrogen-bond donors (Lipinski definition) is 1. The molecule has 1 aromatic rings. The molecule has 0 aliphatic heterocycles. The van der Waals surface area contributed by atoms with Crippen LogP contribution >= 0.6 is 0 Å². The topological polar surface area (TPSA) is 24.9 Å². The fourth-order valence-electron chi connectivity index (χ4n) is 2.94. The molecule has 0 saturated heterocycles. The van der Waals surface area contributed by atoms with Gasteiger partial charge in [-0.1, -0.05) is 20.3 Å². The Morgan fingerprint density at radius 2 is 2.06 bits per heavy atom. The van der Waals surface area contributed by atoms with Crippen LogP contribution in [0.15, 0.2) is 24.5 Å². The van der Waals surface area contributed by atoms with Crippen LogP contribution in [0.3, 0.4) is 0 Å². The fourth-order valence-corrected chi connectivity index (χ4v) is 2.94. The Labute approximate surface area is 105 Å². The molecule has 1 fully saturated rings. The summed E-state index contributed by atoms with van der Waals surface area (Å²) in [5.74, 6) is 0. The van der Waals surface area contributed by atoms with Gasteiger partial charge in [-0.3, -0.25) is 4.98 Å². The fraction of sp³-hybridized carbons (Fsp3) is 0.667. The molecule has 1 saturated carbocycles. The first-order chi connectivity index (χ1) is 8.07. The van der Waals surface area contributed by atoms with Crippen LogP contribution in [0.1, 0.15) is 58.1 Å². The molecule has 94 valence electrons. The summed E-state index contributed by atoms with van der Waals surface area (Å²) in [5, 5.41) is 3.76. The monoisotopic (exact) mass is 232 g/mol. The number of rotatable bonds is 3. The molecule has 2 atom stereocenters. The number of hydrogen-bond acceptors (Lipinski definition) is 2. The average Bonchev–Trinajstić information content (AvgIpc) is 2.29. The van der Waals surface area contributed by atoms with Gasteiger partial charge in [0.15, 0.2) is 0 Å². The standard InChI is InChI=1S/C15H24N2/c1-12(13-6-9-16-10-7-13)17-14-5-4-8-15(2,3)11-14/h6-7,9-10,12,14,17H,4-5,8,11H2,1-3H3/t12-,14?/m0/s1. The third-order valence-corrected chi connectivity index (χ3v) is 3.90. The SMILES string of the molecule is C[C@H](NC1CCCC(C)(C)C1)c1ccncc1. The van der Waals surface area contributed by atoms with E-state index in [1.165, 1.54) is 31.2 Å². The smallest absolute Gasteiger partial charge is 0.0295 e. The molecule has 1 aliphatic carbocycles. The van der Waals surface area contributed by atoms with Crippen LogP contribution in [0.2, 0.25) is 0 Å². The summed E-state index contributed by atoms with van der Waals surface area (Å²) in [6.07, 6.45) is 9.08. The van der Waals surface area contributed by atoms with Crippen molar-refractivity contribution in [3.05, 3.63) is 30.1 Å². The summed E-state index contributed by atoms with van der Waals surface area (Å²) in [5.41, 5.74) is 1.84. The van der Waals surface area contributed by atoms with Gasteiger partial charge in [0.1, 0.15) is 0 Å². The Balaban J connectivity index is 1.93. The maximum absolute atomic E-state index is 4.07. The van der Waals surface area contributed by atoms with Gasteiger partial charge in [0.25, 0.3) is 0 Å². The molecule has 0 bridgehead atoms. The van der Waals surface area contributed by atoms with Gasteiger partial charge >= 0.3 is 0 Å². The molecular formula is C15H24N2. The van der Waals surface area contributed by atoms with Gasteiger partial charge in [-0.25, -0.2) is 0 Å². The van der Waals surface area contributed by atoms with Crippen molar-refractivity contribution in [1.29, 1.82) is 0 Å². The van der Waals surface area contributed by atoms with Gasteiger partial charge in [0.05, 0.1) is 0 Å². The highest BCUT2D eigenvalue weighted by Crippen LogP contribution is 2.35. The van der Waals surface area contributed by atoms with Crippen molar-refractivity contribution in [2.45, 2.75) is 58.5 Å². The highest BCUT2D eigenvalue weighted by Gasteiger charge is 2.28. The molecule has 1 N–H and O–H groups in total. The zero-order valence-corrected chi connectivity index (χ0v) is 11.2. The summed E-state index contributed by atoms with van der Waals surface area (Å²) in [4.78, 5) is 4.07. The highest BCUT2D eigenvalue weighted by atomic mass is 14.9. The van der Waals surface area contributed by atoms with Crippen molar-refractivity contribution < 1.29 is 0 Å². The van der Waals surface area contributed by atoms with E-state index < -0.39 is 0 Å². The molecular weight excluding hydrogens is 208 g/mol. The average molecular weight is 232 g/mol. The van der Waals surface area contributed by atoms with Crippen molar-refractivity contribution in [2.75, 3.05) is 0 Å². The van der Waals surface area contributed by atoms with E-state index in [0.717, 1.165) is 0 Å². The first kappa shape index (κ1) is 12.6. The van der Waals surface area contributed by atoms with E-state index in [9.17, 15) is 0 Å². The van der Waals surface area contributed by atoms with Crippen molar-refractivity contribution in [1.82, 2.24) is 10.3 Å². The first-order valence-electron chi connectivity index (χ1n) is 6.73. The van der Waals surface area contributed by atoms with Crippen molar-refractivity contribution in [3.8, 4) is 0 Å². The number of nitrogens with zero attached hydrogens (tertiary/aromatic N) is 1. The molecule has 2 heteroatoms. The number of nitrogens with one attached hydrogen (secondary N) is 1. The minimum absolute atomic E-state index is 0.428. The van der Waals surface area contributed by atoms with Crippen LogP contribution < -0.4 is 5.32 Å². The van der Waals surface area contributed by atoms with E-state index in [-0.39, 0.29) is 0 Å². The van der Waals surface area contributed by atoms with Gasteiger partial charge < -0.3 is 5.32 Å². The summed E-state index contributed by atoms with van der Waals surface area (Å²) < 4.78 is 0. The van der Waals surface area contributed by atoms with Crippen LogP contribution in [0, 0.1) is 5.41 Å². The Kier molecular flexibility index (Phi) is 3.82. The largest absolute Gasteiger partial charge is 0.307 e. The van der Waals surface area contributed by atoms with Gasteiger partial charge in [0.2, 0.25) is 0 Å². The minimum Gasteiger partial charge on any atom is -0.307 e. The maximum atomic E-state index is 4.07.